The molecule has 8 unspecified atom stereocenters. The Balaban J connectivity index is 0.000000210. The van der Waals surface area contributed by atoms with Gasteiger partial charge in [-0.15, -0.1) is 0 Å². The first-order valence-corrected chi connectivity index (χ1v) is 15.7. The van der Waals surface area contributed by atoms with Crippen molar-refractivity contribution >= 4 is 17.5 Å². The number of ether oxygens (including phenoxy) is 1. The molecule has 1 saturated heterocycles. The van der Waals surface area contributed by atoms with Crippen LogP contribution in [-0.2, 0) is 25.5 Å². The first kappa shape index (κ1) is 32.1. The highest BCUT2D eigenvalue weighted by Crippen LogP contribution is 2.81. The number of Topliss-reactive ketones (excluding diaryl/α,β-unsaturated/α-hetero) is 1. The van der Waals surface area contributed by atoms with E-state index in [1.54, 1.807) is 12.3 Å². The third-order valence-electron chi connectivity index (χ3n) is 12.3. The van der Waals surface area contributed by atoms with Crippen molar-refractivity contribution in [2.45, 2.75) is 90.4 Å². The van der Waals surface area contributed by atoms with Crippen LogP contribution in [0.3, 0.4) is 0 Å². The Hall–Kier alpha value is -3.89. The van der Waals surface area contributed by atoms with Crippen LogP contribution < -0.4 is 5.73 Å². The number of carbonyl (C=O) groups excluding carboxylic acids is 2. The highest BCUT2D eigenvalue weighted by molar-refractivity contribution is 6.06. The molecule has 2 aromatic rings. The number of epoxide rings is 1. The Kier molecular flexibility index (Phi) is 6.84. The van der Waals surface area contributed by atoms with E-state index < -0.39 is 33.4 Å². The largest absolute Gasteiger partial charge is 0.504 e. The quantitative estimate of drug-likeness (QED) is 0.218. The number of aliphatic hydroxyl groups excluding tert-OH is 1. The van der Waals surface area contributed by atoms with E-state index in [0.717, 1.165) is 19.3 Å². The van der Waals surface area contributed by atoms with Gasteiger partial charge in [0.25, 0.3) is 0 Å². The van der Waals surface area contributed by atoms with Crippen LogP contribution in [0.25, 0.3) is 0 Å². The summed E-state index contributed by atoms with van der Waals surface area (Å²) in [6.45, 7) is 11.4. The second kappa shape index (κ2) is 9.81. The van der Waals surface area contributed by atoms with Crippen molar-refractivity contribution in [3.63, 3.8) is 0 Å². The molecule has 0 bridgehead atoms. The summed E-state index contributed by atoms with van der Waals surface area (Å²) < 4.78 is 11.9. The smallest absolute Gasteiger partial charge is 0.323 e. The second-order valence-electron chi connectivity index (χ2n) is 15.3. The molecule has 1 spiro atoms. The number of phenolic OH excluding ortho intramolecular Hbond substituents is 2. The van der Waals surface area contributed by atoms with Gasteiger partial charge in [0, 0.05) is 17.3 Å². The Morgan fingerprint density at radius 3 is 2.37 bits per heavy atom. The van der Waals surface area contributed by atoms with Crippen molar-refractivity contribution in [1.29, 1.82) is 0 Å². The van der Waals surface area contributed by atoms with Gasteiger partial charge in [0.2, 0.25) is 5.78 Å². The van der Waals surface area contributed by atoms with E-state index in [9.17, 15) is 24.6 Å². The maximum atomic E-state index is 14.0. The molecular weight excluding hydrogens is 590 g/mol. The summed E-state index contributed by atoms with van der Waals surface area (Å²) >= 11 is 0. The zero-order chi connectivity index (χ0) is 33.8. The number of allylic oxidation sites excluding steroid dienone is 4. The minimum absolute atomic E-state index is 0.00527. The molecule has 6 N–H and O–H groups in total. The fourth-order valence-electron chi connectivity index (χ4n) is 9.96. The Labute approximate surface area is 267 Å². The number of aliphatic hydroxyl groups is 1. The standard InChI is InChI=1S/C26H30O5.C10H13NO4/c1-22(2)17(27)7-9-23(3)16-6-10-24(4)15(14-8-11-30-13-14)12-18-26(24,31-18)25(16,5)21(29)19(28)20(22)23;1-10(11,9(14)15)5-6-2-3-7(12)8(13)4-6/h7-9,11,13,15-16,18,28H,6,10,12H2,1-5H3;2-4,12-13H,5,11H2,1H3,(H,14,15). The number of rotatable bonds is 4. The molecule has 1 aromatic carbocycles. The summed E-state index contributed by atoms with van der Waals surface area (Å²) in [5.41, 5.74) is 3.30. The average Bonchev–Trinajstić information content (AvgIpc) is 3.33. The number of ketones is 2. The summed E-state index contributed by atoms with van der Waals surface area (Å²) in [7, 11) is 0. The molecule has 246 valence electrons. The normalized spacial score (nSPS) is 38.0. The molecule has 4 aliphatic carbocycles. The molecule has 10 heteroatoms. The number of furan rings is 1. The highest BCUT2D eigenvalue weighted by atomic mass is 16.6. The lowest BCUT2D eigenvalue weighted by molar-refractivity contribution is -0.162. The fraction of sp³-hybridized carbons (Fsp3) is 0.528. The third kappa shape index (κ3) is 3.98. The van der Waals surface area contributed by atoms with Crippen LogP contribution in [0.5, 0.6) is 11.5 Å². The van der Waals surface area contributed by atoms with Crippen molar-refractivity contribution in [2.75, 3.05) is 0 Å². The Bertz CT molecular complexity index is 1700. The fourth-order valence-corrected chi connectivity index (χ4v) is 9.96. The van der Waals surface area contributed by atoms with Gasteiger partial charge in [-0.3, -0.25) is 14.4 Å². The third-order valence-corrected chi connectivity index (χ3v) is 12.3. The molecule has 2 saturated carbocycles. The molecule has 46 heavy (non-hydrogen) atoms. The number of carbonyl (C=O) groups is 3. The molecule has 5 aliphatic rings. The van der Waals surface area contributed by atoms with E-state index in [1.165, 1.54) is 30.7 Å². The molecule has 8 atom stereocenters. The monoisotopic (exact) mass is 633 g/mol. The SMILES string of the molecule is CC(N)(Cc1ccc(O)c(O)c1)C(=O)O.CC1(C)C(=O)C=CC2(C)C1=C(O)C(=O)C1(C)C2CCC2(C)C(c3ccoc3)CC3OC321. The number of phenols is 2. The number of hydrogen-bond donors (Lipinski definition) is 5. The van der Waals surface area contributed by atoms with Crippen LogP contribution >= 0.6 is 0 Å². The molecule has 7 rings (SSSR count). The van der Waals surface area contributed by atoms with E-state index >= 15 is 0 Å². The summed E-state index contributed by atoms with van der Waals surface area (Å²) in [5.74, 6) is -1.95. The second-order valence-corrected chi connectivity index (χ2v) is 15.3. The van der Waals surface area contributed by atoms with Gasteiger partial charge in [-0.05, 0) is 99.8 Å². The van der Waals surface area contributed by atoms with Gasteiger partial charge >= 0.3 is 5.97 Å². The van der Waals surface area contributed by atoms with Crippen molar-refractivity contribution in [3.05, 3.63) is 71.4 Å². The van der Waals surface area contributed by atoms with Crippen LogP contribution in [0.15, 0.2) is 64.7 Å². The van der Waals surface area contributed by atoms with Crippen LogP contribution in [0.4, 0.5) is 0 Å². The van der Waals surface area contributed by atoms with Gasteiger partial charge in [0.05, 0.1) is 29.5 Å². The predicted octanol–water partition coefficient (Wildman–Crippen LogP) is 5.34. The van der Waals surface area contributed by atoms with Gasteiger partial charge in [-0.25, -0.2) is 0 Å². The van der Waals surface area contributed by atoms with Crippen molar-refractivity contribution in [2.24, 2.45) is 33.3 Å². The average molecular weight is 634 g/mol. The maximum absolute atomic E-state index is 14.0. The van der Waals surface area contributed by atoms with E-state index in [2.05, 4.69) is 13.8 Å². The summed E-state index contributed by atoms with van der Waals surface area (Å²) in [4.78, 5) is 37.5. The Morgan fingerprint density at radius 2 is 1.76 bits per heavy atom. The summed E-state index contributed by atoms with van der Waals surface area (Å²) in [5, 5.41) is 38.4. The van der Waals surface area contributed by atoms with E-state index in [1.807, 2.05) is 39.2 Å². The predicted molar refractivity (Wildman–Crippen MR) is 167 cm³/mol. The van der Waals surface area contributed by atoms with Gasteiger partial charge in [-0.2, -0.15) is 0 Å². The summed E-state index contributed by atoms with van der Waals surface area (Å²) in [6.07, 6.45) is 9.84. The maximum Gasteiger partial charge on any atom is 0.323 e. The van der Waals surface area contributed by atoms with Crippen LogP contribution in [-0.4, -0.2) is 55.2 Å². The first-order valence-electron chi connectivity index (χ1n) is 15.7. The van der Waals surface area contributed by atoms with E-state index in [4.69, 9.17) is 25.1 Å². The molecule has 1 aliphatic heterocycles. The topological polar surface area (TPSA) is 184 Å². The van der Waals surface area contributed by atoms with E-state index in [-0.39, 0.29) is 58.6 Å². The van der Waals surface area contributed by atoms with Crippen molar-refractivity contribution in [3.8, 4) is 11.5 Å². The van der Waals surface area contributed by atoms with Crippen molar-refractivity contribution < 1.29 is 44.0 Å². The highest BCUT2D eigenvalue weighted by Gasteiger charge is 2.87. The van der Waals surface area contributed by atoms with E-state index in [0.29, 0.717) is 11.1 Å². The zero-order valence-corrected chi connectivity index (χ0v) is 27.1. The number of benzene rings is 1. The lowest BCUT2D eigenvalue weighted by atomic mass is 9.39. The molecule has 3 fully saturated rings. The molecule has 0 radical (unpaired) electrons. The van der Waals surface area contributed by atoms with Gasteiger partial charge in [0.15, 0.2) is 23.0 Å². The number of aliphatic carboxylic acids is 1. The van der Waals surface area contributed by atoms with Gasteiger partial charge in [-0.1, -0.05) is 26.0 Å². The van der Waals surface area contributed by atoms with Crippen LogP contribution in [0.1, 0.15) is 77.8 Å². The number of fused-ring (bicyclic) bond motifs is 3. The number of nitrogens with two attached hydrogens (primary N) is 1. The molecule has 0 amide bonds. The van der Waals surface area contributed by atoms with Crippen LogP contribution in [0, 0.1) is 27.6 Å². The number of hydrogen-bond acceptors (Lipinski definition) is 9. The van der Waals surface area contributed by atoms with Crippen LogP contribution in [0.2, 0.25) is 0 Å². The van der Waals surface area contributed by atoms with Gasteiger partial charge < -0.3 is 35.3 Å². The minimum Gasteiger partial charge on any atom is -0.504 e. The summed E-state index contributed by atoms with van der Waals surface area (Å²) in [6, 6.07) is 6.13. The number of carboxylic acid groups (broad SMARTS) is 1. The molecule has 10 nitrogen and oxygen atoms in total. The lowest BCUT2D eigenvalue weighted by Crippen LogP contribution is -2.66. The molecular formula is C36H43NO9. The van der Waals surface area contributed by atoms with Gasteiger partial charge in [0.1, 0.15) is 11.1 Å². The first-order chi connectivity index (χ1) is 21.3. The molecule has 1 aromatic heterocycles. The zero-order valence-electron chi connectivity index (χ0n) is 27.1. The van der Waals surface area contributed by atoms with Crippen molar-refractivity contribution in [1.82, 2.24) is 0 Å². The lowest BCUT2D eigenvalue weighted by Gasteiger charge is -2.62. The number of aromatic hydroxyl groups is 2. The minimum atomic E-state index is -1.39. The Morgan fingerprint density at radius 1 is 1.07 bits per heavy atom. The molecule has 2 heterocycles. The number of carboxylic acids is 1.